The fraction of sp³-hybridized carbons (Fsp3) is 0.933. The Labute approximate surface area is 123 Å². The molecule has 1 aliphatic heterocycles. The Hall–Kier alpha value is -0.420. The normalized spacial score (nSPS) is 32.4. The summed E-state index contributed by atoms with van der Waals surface area (Å²) in [5.74, 6) is 1.57. The lowest BCUT2D eigenvalue weighted by Crippen LogP contribution is -2.40. The van der Waals surface area contributed by atoms with Crippen molar-refractivity contribution in [2.45, 2.75) is 51.9 Å². The van der Waals surface area contributed by atoms with Crippen molar-refractivity contribution in [3.05, 3.63) is 0 Å². The molecule has 1 saturated carbocycles. The van der Waals surface area contributed by atoms with Crippen LogP contribution in [0, 0.1) is 17.8 Å². The Morgan fingerprint density at radius 2 is 1.95 bits per heavy atom. The van der Waals surface area contributed by atoms with E-state index in [-0.39, 0.29) is 11.8 Å². The van der Waals surface area contributed by atoms with Crippen molar-refractivity contribution in [3.8, 4) is 0 Å². The number of carbonyl (C=O) groups is 1. The molecule has 0 aromatic heterocycles. The maximum Gasteiger partial charge on any atom is 0.211 e. The molecular formula is C15H27NO3S. The zero-order valence-corrected chi connectivity index (χ0v) is 13.5. The first-order valence-corrected chi connectivity index (χ1v) is 9.72. The van der Waals surface area contributed by atoms with Gasteiger partial charge < -0.3 is 0 Å². The van der Waals surface area contributed by atoms with Crippen LogP contribution in [-0.4, -0.2) is 37.9 Å². The van der Waals surface area contributed by atoms with E-state index in [0.29, 0.717) is 25.3 Å². The van der Waals surface area contributed by atoms with Crippen LogP contribution in [0.3, 0.4) is 0 Å². The minimum atomic E-state index is -3.10. The highest BCUT2D eigenvalue weighted by molar-refractivity contribution is 7.88. The molecule has 20 heavy (non-hydrogen) atoms. The number of carbonyl (C=O) groups excluding carboxylic acids is 1. The third-order valence-electron chi connectivity index (χ3n) is 5.01. The second-order valence-electron chi connectivity index (χ2n) is 6.58. The third-order valence-corrected chi connectivity index (χ3v) is 6.28. The predicted molar refractivity (Wildman–Crippen MR) is 79.9 cm³/mol. The number of piperidine rings is 1. The van der Waals surface area contributed by atoms with Crippen molar-refractivity contribution in [2.75, 3.05) is 19.3 Å². The highest BCUT2D eigenvalue weighted by atomic mass is 32.2. The summed E-state index contributed by atoms with van der Waals surface area (Å²) in [5, 5.41) is 0. The quantitative estimate of drug-likeness (QED) is 0.783. The number of hydrogen-bond donors (Lipinski definition) is 0. The van der Waals surface area contributed by atoms with Gasteiger partial charge in [-0.1, -0.05) is 13.3 Å². The maximum absolute atomic E-state index is 12.4. The topological polar surface area (TPSA) is 54.5 Å². The van der Waals surface area contributed by atoms with Crippen molar-refractivity contribution < 1.29 is 13.2 Å². The Bertz CT molecular complexity index is 446. The zero-order chi connectivity index (χ0) is 14.8. The first-order chi connectivity index (χ1) is 9.40. The van der Waals surface area contributed by atoms with Gasteiger partial charge in [0.05, 0.1) is 6.26 Å². The van der Waals surface area contributed by atoms with Crippen molar-refractivity contribution in [3.63, 3.8) is 0 Å². The van der Waals surface area contributed by atoms with E-state index in [1.165, 1.54) is 23.4 Å². The van der Waals surface area contributed by atoms with Crippen LogP contribution in [0.15, 0.2) is 0 Å². The smallest absolute Gasteiger partial charge is 0.211 e. The van der Waals surface area contributed by atoms with Gasteiger partial charge in [-0.05, 0) is 43.9 Å². The molecule has 0 aromatic carbocycles. The van der Waals surface area contributed by atoms with E-state index in [2.05, 4.69) is 6.92 Å². The summed E-state index contributed by atoms with van der Waals surface area (Å²) < 4.78 is 24.7. The first-order valence-electron chi connectivity index (χ1n) is 7.88. The van der Waals surface area contributed by atoms with Crippen LogP contribution in [-0.2, 0) is 14.8 Å². The molecule has 3 unspecified atom stereocenters. The van der Waals surface area contributed by atoms with E-state index in [1.54, 1.807) is 0 Å². The SMILES string of the molecule is CCC1CCC(C(=O)CC2CCCN(S(C)(=O)=O)C2)C1. The van der Waals surface area contributed by atoms with Gasteiger partial charge in [0.25, 0.3) is 0 Å². The molecule has 3 atom stereocenters. The summed E-state index contributed by atoms with van der Waals surface area (Å²) >= 11 is 0. The lowest BCUT2D eigenvalue weighted by molar-refractivity contribution is -0.124. The molecule has 2 aliphatic rings. The molecule has 0 bridgehead atoms. The third kappa shape index (κ3) is 4.04. The van der Waals surface area contributed by atoms with Crippen LogP contribution >= 0.6 is 0 Å². The molecule has 5 heteroatoms. The van der Waals surface area contributed by atoms with Gasteiger partial charge in [-0.3, -0.25) is 4.79 Å². The molecule has 0 N–H and O–H groups in total. The minimum absolute atomic E-state index is 0.228. The van der Waals surface area contributed by atoms with E-state index in [1.807, 2.05) is 0 Å². The maximum atomic E-state index is 12.4. The van der Waals surface area contributed by atoms with Crippen molar-refractivity contribution in [1.29, 1.82) is 0 Å². The van der Waals surface area contributed by atoms with Crippen molar-refractivity contribution in [2.24, 2.45) is 17.8 Å². The lowest BCUT2D eigenvalue weighted by atomic mass is 9.88. The number of sulfonamides is 1. The van der Waals surface area contributed by atoms with Gasteiger partial charge in [0.1, 0.15) is 5.78 Å². The standard InChI is InChI=1S/C15H27NO3S/c1-3-12-6-7-14(9-12)15(17)10-13-5-4-8-16(11-13)20(2,18)19/h12-14H,3-11H2,1-2H3. The van der Waals surface area contributed by atoms with Crippen molar-refractivity contribution in [1.82, 2.24) is 4.31 Å². The predicted octanol–water partition coefficient (Wildman–Crippen LogP) is 2.44. The number of nitrogens with zero attached hydrogens (tertiary/aromatic N) is 1. The van der Waals surface area contributed by atoms with E-state index in [9.17, 15) is 13.2 Å². The Kier molecular flexibility index (Phi) is 5.24. The fourth-order valence-electron chi connectivity index (χ4n) is 3.68. The molecular weight excluding hydrogens is 274 g/mol. The van der Waals surface area contributed by atoms with Gasteiger partial charge in [0.2, 0.25) is 10.0 Å². The summed E-state index contributed by atoms with van der Waals surface area (Å²) in [5.41, 5.74) is 0. The fourth-order valence-corrected chi connectivity index (χ4v) is 4.63. The van der Waals surface area contributed by atoms with Crippen LogP contribution < -0.4 is 0 Å². The van der Waals surface area contributed by atoms with Gasteiger partial charge >= 0.3 is 0 Å². The van der Waals surface area contributed by atoms with Crippen molar-refractivity contribution >= 4 is 15.8 Å². The van der Waals surface area contributed by atoms with Gasteiger partial charge in [-0.2, -0.15) is 0 Å². The molecule has 0 radical (unpaired) electrons. The Morgan fingerprint density at radius 1 is 1.20 bits per heavy atom. The van der Waals surface area contributed by atoms with E-state index in [4.69, 9.17) is 0 Å². The largest absolute Gasteiger partial charge is 0.299 e. The monoisotopic (exact) mass is 301 g/mol. The summed E-state index contributed by atoms with van der Waals surface area (Å²) in [7, 11) is -3.10. The number of rotatable bonds is 5. The highest BCUT2D eigenvalue weighted by Crippen LogP contribution is 2.35. The summed E-state index contributed by atoms with van der Waals surface area (Å²) in [4.78, 5) is 12.4. The number of ketones is 1. The molecule has 1 aliphatic carbocycles. The molecule has 1 heterocycles. The van der Waals surface area contributed by atoms with Crippen LogP contribution in [0.5, 0.6) is 0 Å². The number of Topliss-reactive ketones (excluding diaryl/α,β-unsaturated/α-hetero) is 1. The second-order valence-corrected chi connectivity index (χ2v) is 8.57. The van der Waals surface area contributed by atoms with Crippen LogP contribution in [0.25, 0.3) is 0 Å². The summed E-state index contributed by atoms with van der Waals surface area (Å²) in [6.45, 7) is 3.35. The van der Waals surface area contributed by atoms with Gasteiger partial charge in [0, 0.05) is 25.4 Å². The van der Waals surface area contributed by atoms with Crippen LogP contribution in [0.1, 0.15) is 51.9 Å². The molecule has 0 aromatic rings. The average Bonchev–Trinajstić information content (AvgIpc) is 2.87. The first kappa shape index (κ1) is 16.0. The number of hydrogen-bond acceptors (Lipinski definition) is 3. The summed E-state index contributed by atoms with van der Waals surface area (Å²) in [6, 6.07) is 0. The molecule has 0 amide bonds. The molecule has 2 rings (SSSR count). The van der Waals surface area contributed by atoms with E-state index < -0.39 is 10.0 Å². The molecule has 116 valence electrons. The highest BCUT2D eigenvalue weighted by Gasteiger charge is 2.32. The van der Waals surface area contributed by atoms with E-state index >= 15 is 0 Å². The second kappa shape index (κ2) is 6.56. The lowest BCUT2D eigenvalue weighted by Gasteiger charge is -2.31. The molecule has 4 nitrogen and oxygen atoms in total. The van der Waals surface area contributed by atoms with Crippen LogP contribution in [0.2, 0.25) is 0 Å². The van der Waals surface area contributed by atoms with Crippen LogP contribution in [0.4, 0.5) is 0 Å². The van der Waals surface area contributed by atoms with Gasteiger partial charge in [-0.15, -0.1) is 0 Å². The van der Waals surface area contributed by atoms with Gasteiger partial charge in [0.15, 0.2) is 0 Å². The minimum Gasteiger partial charge on any atom is -0.299 e. The molecule has 1 saturated heterocycles. The van der Waals surface area contributed by atoms with Gasteiger partial charge in [-0.25, -0.2) is 12.7 Å². The Balaban J connectivity index is 1.85. The summed E-state index contributed by atoms with van der Waals surface area (Å²) in [6.07, 6.45) is 8.17. The molecule has 0 spiro atoms. The van der Waals surface area contributed by atoms with E-state index in [0.717, 1.165) is 31.6 Å². The Morgan fingerprint density at radius 3 is 2.55 bits per heavy atom. The zero-order valence-electron chi connectivity index (χ0n) is 12.7. The average molecular weight is 301 g/mol. The molecule has 2 fully saturated rings.